The Morgan fingerprint density at radius 3 is 2.23 bits per heavy atom. The second-order valence-corrected chi connectivity index (χ2v) is 4.84. The van der Waals surface area contributed by atoms with Crippen molar-refractivity contribution in [1.82, 2.24) is 5.32 Å². The van der Waals surface area contributed by atoms with Gasteiger partial charge in [0.2, 0.25) is 0 Å². The molecule has 1 amide bonds. The molecule has 6 N–H and O–H groups in total. The summed E-state index contributed by atoms with van der Waals surface area (Å²) in [5.74, 6) is -0.899. The molecule has 0 aliphatic heterocycles. The Balaban J connectivity index is 2.54. The summed E-state index contributed by atoms with van der Waals surface area (Å²) >= 11 is 0. The van der Waals surface area contributed by atoms with Gasteiger partial charge in [0.25, 0.3) is 5.91 Å². The first kappa shape index (κ1) is 18.3. The number of aliphatic hydroxyl groups is 5. The normalized spacial score (nSPS) is 16.4. The Morgan fingerprint density at radius 2 is 1.73 bits per heavy atom. The summed E-state index contributed by atoms with van der Waals surface area (Å²) in [7, 11) is 0. The summed E-state index contributed by atoms with van der Waals surface area (Å²) in [6.45, 7) is 2.94. The van der Waals surface area contributed by atoms with E-state index in [4.69, 9.17) is 5.11 Å². The first-order chi connectivity index (χ1) is 10.4. The molecule has 0 unspecified atom stereocenters. The van der Waals surface area contributed by atoms with E-state index in [1.807, 2.05) is 0 Å². The van der Waals surface area contributed by atoms with E-state index in [2.05, 4.69) is 11.9 Å². The smallest absolute Gasteiger partial charge is 0.251 e. The van der Waals surface area contributed by atoms with E-state index in [0.717, 1.165) is 11.1 Å². The van der Waals surface area contributed by atoms with Crippen molar-refractivity contribution in [3.05, 3.63) is 42.0 Å². The molecular formula is C15H21NO6. The van der Waals surface area contributed by atoms with Gasteiger partial charge in [-0.15, -0.1) is 0 Å². The Kier molecular flexibility index (Phi) is 7.16. The zero-order valence-corrected chi connectivity index (χ0v) is 12.0. The monoisotopic (exact) mass is 311 g/mol. The molecule has 4 atom stereocenters. The van der Waals surface area contributed by atoms with Crippen LogP contribution in [0, 0.1) is 0 Å². The Labute approximate surface area is 128 Å². The van der Waals surface area contributed by atoms with E-state index in [1.165, 1.54) is 0 Å². The predicted molar refractivity (Wildman–Crippen MR) is 79.5 cm³/mol. The summed E-state index contributed by atoms with van der Waals surface area (Å²) in [5, 5.41) is 48.9. The van der Waals surface area contributed by atoms with Gasteiger partial charge < -0.3 is 30.8 Å². The van der Waals surface area contributed by atoms with Crippen LogP contribution in [0.5, 0.6) is 0 Å². The largest absolute Gasteiger partial charge is 0.394 e. The average Bonchev–Trinajstić information content (AvgIpc) is 2.57. The average molecular weight is 311 g/mol. The SMILES string of the molecule is C=Cc1ccc(CNC(=O)[C@H](O)[C@@H](O)[C@@H](O)[C@@H](O)CO)cc1. The Bertz CT molecular complexity index is 489. The minimum atomic E-state index is -1.93. The van der Waals surface area contributed by atoms with Gasteiger partial charge in [0, 0.05) is 6.54 Å². The molecule has 22 heavy (non-hydrogen) atoms. The van der Waals surface area contributed by atoms with Crippen molar-refractivity contribution in [2.24, 2.45) is 0 Å². The molecule has 0 radical (unpaired) electrons. The number of hydrogen-bond donors (Lipinski definition) is 6. The van der Waals surface area contributed by atoms with Crippen molar-refractivity contribution in [3.63, 3.8) is 0 Å². The van der Waals surface area contributed by atoms with Crippen LogP contribution in [0.25, 0.3) is 6.08 Å². The summed E-state index contributed by atoms with van der Waals surface area (Å²) in [4.78, 5) is 11.7. The highest BCUT2D eigenvalue weighted by atomic mass is 16.4. The lowest BCUT2D eigenvalue weighted by Gasteiger charge is -2.24. The molecule has 0 saturated heterocycles. The maximum Gasteiger partial charge on any atom is 0.251 e. The zero-order valence-electron chi connectivity index (χ0n) is 12.0. The molecule has 0 bridgehead atoms. The molecule has 0 aliphatic carbocycles. The fourth-order valence-electron chi connectivity index (χ4n) is 1.74. The third kappa shape index (κ3) is 4.90. The Hall–Kier alpha value is -1.77. The number of rotatable bonds is 8. The molecule has 0 aliphatic rings. The van der Waals surface area contributed by atoms with Gasteiger partial charge >= 0.3 is 0 Å². The number of aliphatic hydroxyl groups excluding tert-OH is 5. The highest BCUT2D eigenvalue weighted by Gasteiger charge is 2.33. The summed E-state index contributed by atoms with van der Waals surface area (Å²) in [6.07, 6.45) is -5.65. The van der Waals surface area contributed by atoms with Crippen LogP contribution in [-0.4, -0.2) is 62.5 Å². The lowest BCUT2D eigenvalue weighted by molar-refractivity contribution is -0.149. The van der Waals surface area contributed by atoms with Gasteiger partial charge in [0.05, 0.1) is 6.61 Å². The lowest BCUT2D eigenvalue weighted by Crippen LogP contribution is -2.51. The Morgan fingerprint density at radius 1 is 1.14 bits per heavy atom. The molecule has 0 heterocycles. The van der Waals surface area contributed by atoms with E-state index in [-0.39, 0.29) is 6.54 Å². The van der Waals surface area contributed by atoms with Crippen molar-refractivity contribution < 1.29 is 30.3 Å². The van der Waals surface area contributed by atoms with Crippen LogP contribution >= 0.6 is 0 Å². The summed E-state index contributed by atoms with van der Waals surface area (Å²) < 4.78 is 0. The number of hydrogen-bond acceptors (Lipinski definition) is 6. The molecule has 0 fully saturated rings. The standard InChI is InChI=1S/C15H21NO6/c1-2-9-3-5-10(6-4-9)7-16-15(22)14(21)13(20)12(19)11(18)8-17/h2-6,11-14,17-21H,1,7-8H2,(H,16,22)/t11-,12-,13-,14+/m0/s1. The minimum absolute atomic E-state index is 0.124. The van der Waals surface area contributed by atoms with Crippen LogP contribution < -0.4 is 5.32 Å². The molecule has 7 heteroatoms. The van der Waals surface area contributed by atoms with Crippen LogP contribution in [0.2, 0.25) is 0 Å². The molecular weight excluding hydrogens is 290 g/mol. The number of carbonyl (C=O) groups excluding carboxylic acids is 1. The molecule has 0 aromatic heterocycles. The number of amides is 1. The number of nitrogens with one attached hydrogen (secondary N) is 1. The summed E-state index contributed by atoms with van der Waals surface area (Å²) in [5.41, 5.74) is 1.70. The van der Waals surface area contributed by atoms with Gasteiger partial charge in [0.15, 0.2) is 6.10 Å². The molecule has 1 aromatic rings. The highest BCUT2D eigenvalue weighted by molar-refractivity contribution is 5.81. The second kappa shape index (κ2) is 8.62. The van der Waals surface area contributed by atoms with Crippen molar-refractivity contribution in [2.45, 2.75) is 31.0 Å². The van der Waals surface area contributed by atoms with E-state index < -0.39 is 36.9 Å². The van der Waals surface area contributed by atoms with Crippen molar-refractivity contribution in [3.8, 4) is 0 Å². The minimum Gasteiger partial charge on any atom is -0.394 e. The van der Waals surface area contributed by atoms with Gasteiger partial charge in [-0.25, -0.2) is 0 Å². The maximum atomic E-state index is 11.7. The van der Waals surface area contributed by atoms with Gasteiger partial charge in [-0.2, -0.15) is 0 Å². The fourth-order valence-corrected chi connectivity index (χ4v) is 1.74. The second-order valence-electron chi connectivity index (χ2n) is 4.84. The van der Waals surface area contributed by atoms with Gasteiger partial charge in [-0.1, -0.05) is 36.9 Å². The van der Waals surface area contributed by atoms with Gasteiger partial charge in [-0.3, -0.25) is 4.79 Å². The predicted octanol–water partition coefficient (Wildman–Crippen LogP) is -1.62. The van der Waals surface area contributed by atoms with Crippen LogP contribution in [-0.2, 0) is 11.3 Å². The first-order valence-electron chi connectivity index (χ1n) is 6.73. The fraction of sp³-hybridized carbons (Fsp3) is 0.400. The number of benzene rings is 1. The molecule has 7 nitrogen and oxygen atoms in total. The summed E-state index contributed by atoms with van der Waals surface area (Å²) in [6, 6.07) is 7.15. The molecule has 0 spiro atoms. The molecule has 122 valence electrons. The third-order valence-corrected chi connectivity index (χ3v) is 3.21. The van der Waals surface area contributed by atoms with E-state index >= 15 is 0 Å². The first-order valence-corrected chi connectivity index (χ1v) is 6.73. The highest BCUT2D eigenvalue weighted by Crippen LogP contribution is 2.07. The number of carbonyl (C=O) groups is 1. The van der Waals surface area contributed by atoms with Crippen LogP contribution in [0.15, 0.2) is 30.8 Å². The van der Waals surface area contributed by atoms with Crippen LogP contribution in [0.3, 0.4) is 0 Å². The van der Waals surface area contributed by atoms with E-state index in [0.29, 0.717) is 0 Å². The van der Waals surface area contributed by atoms with Crippen molar-refractivity contribution >= 4 is 12.0 Å². The van der Waals surface area contributed by atoms with Crippen molar-refractivity contribution in [1.29, 1.82) is 0 Å². The van der Waals surface area contributed by atoms with Crippen LogP contribution in [0.4, 0.5) is 0 Å². The molecule has 0 saturated carbocycles. The molecule has 1 aromatic carbocycles. The third-order valence-electron chi connectivity index (χ3n) is 3.21. The van der Waals surface area contributed by atoms with Gasteiger partial charge in [0.1, 0.15) is 18.3 Å². The zero-order chi connectivity index (χ0) is 16.7. The van der Waals surface area contributed by atoms with Gasteiger partial charge in [-0.05, 0) is 11.1 Å². The van der Waals surface area contributed by atoms with E-state index in [9.17, 15) is 25.2 Å². The maximum absolute atomic E-state index is 11.7. The quantitative estimate of drug-likeness (QED) is 0.342. The van der Waals surface area contributed by atoms with Crippen LogP contribution in [0.1, 0.15) is 11.1 Å². The van der Waals surface area contributed by atoms with E-state index in [1.54, 1.807) is 30.3 Å². The van der Waals surface area contributed by atoms with Crippen molar-refractivity contribution in [2.75, 3.05) is 6.61 Å². The molecule has 1 rings (SSSR count). The lowest BCUT2D eigenvalue weighted by atomic mass is 10.0. The topological polar surface area (TPSA) is 130 Å².